The van der Waals surface area contributed by atoms with Crippen LogP contribution in [0.1, 0.15) is 38.5 Å². The van der Waals surface area contributed by atoms with Crippen LogP contribution in [0.4, 0.5) is 0 Å². The molecule has 0 radical (unpaired) electrons. The average molecular weight is 207 g/mol. The summed E-state index contributed by atoms with van der Waals surface area (Å²) in [6.45, 7) is 0. The van der Waals surface area contributed by atoms with Crippen LogP contribution in [0, 0.1) is 17.3 Å². The monoisotopic (exact) mass is 207 g/mol. The first-order chi connectivity index (χ1) is 7.26. The van der Waals surface area contributed by atoms with Crippen molar-refractivity contribution in [2.45, 2.75) is 38.5 Å². The Labute approximate surface area is 89.9 Å². The fraction of sp³-hybridized carbons (Fsp3) is 0.833. The van der Waals surface area contributed by atoms with Crippen molar-refractivity contribution in [2.75, 3.05) is 7.11 Å². The molecule has 3 atom stereocenters. The minimum atomic E-state index is 0.121. The minimum Gasteiger partial charge on any atom is -0.399 e. The number of nitrogens with zero attached hydrogens (tertiary/aromatic N) is 1. The first-order valence-corrected chi connectivity index (χ1v) is 5.89. The van der Waals surface area contributed by atoms with Crippen LogP contribution in [-0.2, 0) is 9.63 Å². The summed E-state index contributed by atoms with van der Waals surface area (Å²) < 4.78 is 0. The second kappa shape index (κ2) is 3.06. The van der Waals surface area contributed by atoms with E-state index in [1.807, 2.05) is 0 Å². The standard InChI is InChI=1S/C12H17NO2/c1-15-13-11-8-2-3-9(6-8)12(11)5-4-10(14)7-12/h8-9H,2-7H2,1H3. The van der Waals surface area contributed by atoms with Crippen molar-refractivity contribution in [3.63, 3.8) is 0 Å². The van der Waals surface area contributed by atoms with Crippen molar-refractivity contribution in [3.05, 3.63) is 0 Å². The average Bonchev–Trinajstić information content (AvgIpc) is 2.86. The molecular weight excluding hydrogens is 190 g/mol. The summed E-state index contributed by atoms with van der Waals surface area (Å²) in [5, 5.41) is 4.24. The summed E-state index contributed by atoms with van der Waals surface area (Å²) in [6, 6.07) is 0. The molecular formula is C12H17NO2. The van der Waals surface area contributed by atoms with Crippen molar-refractivity contribution in [2.24, 2.45) is 22.4 Å². The molecule has 0 N–H and O–H groups in total. The van der Waals surface area contributed by atoms with Gasteiger partial charge in [0.2, 0.25) is 0 Å². The zero-order chi connectivity index (χ0) is 10.5. The van der Waals surface area contributed by atoms with Gasteiger partial charge in [0.25, 0.3) is 0 Å². The quantitative estimate of drug-likeness (QED) is 0.618. The maximum atomic E-state index is 11.5. The Hall–Kier alpha value is -0.860. The van der Waals surface area contributed by atoms with Crippen molar-refractivity contribution < 1.29 is 9.63 Å². The largest absolute Gasteiger partial charge is 0.399 e. The minimum absolute atomic E-state index is 0.121. The van der Waals surface area contributed by atoms with Crippen LogP contribution >= 0.6 is 0 Å². The predicted octanol–water partition coefficient (Wildman–Crippen LogP) is 2.16. The maximum absolute atomic E-state index is 11.5. The molecule has 3 saturated carbocycles. The summed E-state index contributed by atoms with van der Waals surface area (Å²) in [5.74, 6) is 1.75. The van der Waals surface area contributed by atoms with E-state index in [2.05, 4.69) is 5.16 Å². The van der Waals surface area contributed by atoms with E-state index in [9.17, 15) is 4.79 Å². The van der Waals surface area contributed by atoms with Crippen LogP contribution in [0.15, 0.2) is 5.16 Å². The Bertz CT molecular complexity index is 337. The third kappa shape index (κ3) is 1.12. The smallest absolute Gasteiger partial charge is 0.133 e. The molecule has 2 bridgehead atoms. The van der Waals surface area contributed by atoms with Crippen LogP contribution in [0.3, 0.4) is 0 Å². The van der Waals surface area contributed by atoms with Gasteiger partial charge in [-0.2, -0.15) is 0 Å². The lowest BCUT2D eigenvalue weighted by Gasteiger charge is -2.33. The Morgan fingerprint density at radius 2 is 2.33 bits per heavy atom. The molecule has 3 rings (SSSR count). The molecule has 15 heavy (non-hydrogen) atoms. The molecule has 0 heterocycles. The normalized spacial score (nSPS) is 45.9. The van der Waals surface area contributed by atoms with Gasteiger partial charge in [0.15, 0.2) is 0 Å². The van der Waals surface area contributed by atoms with Gasteiger partial charge in [0.05, 0.1) is 5.71 Å². The number of fused-ring (bicyclic) bond motifs is 3. The summed E-state index contributed by atoms with van der Waals surface area (Å²) in [5.41, 5.74) is 1.34. The van der Waals surface area contributed by atoms with E-state index < -0.39 is 0 Å². The summed E-state index contributed by atoms with van der Waals surface area (Å²) in [6.07, 6.45) is 6.30. The second-order valence-corrected chi connectivity index (χ2v) is 5.24. The molecule has 3 heteroatoms. The van der Waals surface area contributed by atoms with Gasteiger partial charge >= 0.3 is 0 Å². The van der Waals surface area contributed by atoms with E-state index in [-0.39, 0.29) is 5.41 Å². The number of oxime groups is 1. The molecule has 0 saturated heterocycles. The highest BCUT2D eigenvalue weighted by Crippen LogP contribution is 2.60. The zero-order valence-electron chi connectivity index (χ0n) is 9.16. The topological polar surface area (TPSA) is 38.7 Å². The molecule has 3 aliphatic carbocycles. The first kappa shape index (κ1) is 9.37. The summed E-state index contributed by atoms with van der Waals surface area (Å²) >= 11 is 0. The lowest BCUT2D eigenvalue weighted by Crippen LogP contribution is -2.35. The summed E-state index contributed by atoms with van der Waals surface area (Å²) in [7, 11) is 1.61. The number of ketones is 1. The van der Waals surface area contributed by atoms with E-state index in [0.29, 0.717) is 17.6 Å². The summed E-state index contributed by atoms with van der Waals surface area (Å²) in [4.78, 5) is 16.5. The van der Waals surface area contributed by atoms with Crippen LogP contribution in [0.2, 0.25) is 0 Å². The molecule has 82 valence electrons. The highest BCUT2D eigenvalue weighted by Gasteiger charge is 2.58. The Morgan fingerprint density at radius 1 is 1.47 bits per heavy atom. The number of hydrogen-bond acceptors (Lipinski definition) is 3. The van der Waals surface area contributed by atoms with Gasteiger partial charge in [-0.1, -0.05) is 5.16 Å². The number of carbonyl (C=O) groups is 1. The van der Waals surface area contributed by atoms with E-state index in [1.54, 1.807) is 7.11 Å². The highest BCUT2D eigenvalue weighted by molar-refractivity contribution is 6.00. The Morgan fingerprint density at radius 3 is 3.00 bits per heavy atom. The van der Waals surface area contributed by atoms with Gasteiger partial charge in [0, 0.05) is 24.2 Å². The lowest BCUT2D eigenvalue weighted by atomic mass is 9.70. The number of hydrogen-bond donors (Lipinski definition) is 0. The Balaban J connectivity index is 1.99. The van der Waals surface area contributed by atoms with Gasteiger partial charge in [-0.25, -0.2) is 0 Å². The maximum Gasteiger partial charge on any atom is 0.133 e. The molecule has 1 spiro atoms. The molecule has 0 aromatic heterocycles. The van der Waals surface area contributed by atoms with Crippen LogP contribution in [-0.4, -0.2) is 18.6 Å². The SMILES string of the molecule is CON=C1C2CCC(C2)C12CCC(=O)C2. The lowest BCUT2D eigenvalue weighted by molar-refractivity contribution is -0.117. The van der Waals surface area contributed by atoms with Gasteiger partial charge in [-0.3, -0.25) is 4.79 Å². The van der Waals surface area contributed by atoms with Crippen LogP contribution in [0.5, 0.6) is 0 Å². The predicted molar refractivity (Wildman–Crippen MR) is 56.6 cm³/mol. The molecule has 3 unspecified atom stereocenters. The molecule has 0 amide bonds. The van der Waals surface area contributed by atoms with Crippen molar-refractivity contribution in [3.8, 4) is 0 Å². The van der Waals surface area contributed by atoms with E-state index in [1.165, 1.54) is 25.0 Å². The van der Waals surface area contributed by atoms with Crippen LogP contribution in [0.25, 0.3) is 0 Å². The molecule has 3 aliphatic rings. The van der Waals surface area contributed by atoms with Gasteiger partial charge < -0.3 is 4.84 Å². The van der Waals surface area contributed by atoms with Gasteiger partial charge in [-0.15, -0.1) is 0 Å². The van der Waals surface area contributed by atoms with Crippen molar-refractivity contribution >= 4 is 11.5 Å². The molecule has 3 nitrogen and oxygen atoms in total. The third-order valence-electron chi connectivity index (χ3n) is 4.66. The van der Waals surface area contributed by atoms with E-state index in [0.717, 1.165) is 19.3 Å². The van der Waals surface area contributed by atoms with E-state index >= 15 is 0 Å². The number of carbonyl (C=O) groups excluding carboxylic acids is 1. The van der Waals surface area contributed by atoms with Crippen molar-refractivity contribution in [1.29, 1.82) is 0 Å². The third-order valence-corrected chi connectivity index (χ3v) is 4.66. The van der Waals surface area contributed by atoms with Gasteiger partial charge in [0.1, 0.15) is 12.9 Å². The second-order valence-electron chi connectivity index (χ2n) is 5.24. The fourth-order valence-corrected chi connectivity index (χ4v) is 4.07. The highest BCUT2D eigenvalue weighted by atomic mass is 16.6. The molecule has 0 aliphatic heterocycles. The Kier molecular flexibility index (Phi) is 1.91. The fourth-order valence-electron chi connectivity index (χ4n) is 4.07. The van der Waals surface area contributed by atoms with Gasteiger partial charge in [-0.05, 0) is 31.6 Å². The van der Waals surface area contributed by atoms with E-state index in [4.69, 9.17) is 4.84 Å². The zero-order valence-corrected chi connectivity index (χ0v) is 9.16. The van der Waals surface area contributed by atoms with Crippen LogP contribution < -0.4 is 0 Å². The first-order valence-electron chi connectivity index (χ1n) is 5.89. The molecule has 3 fully saturated rings. The number of rotatable bonds is 1. The molecule has 0 aromatic carbocycles. The number of Topliss-reactive ketones (excluding diaryl/α,β-unsaturated/α-hetero) is 1. The molecule has 0 aromatic rings. The van der Waals surface area contributed by atoms with Crippen molar-refractivity contribution in [1.82, 2.24) is 0 Å².